The Morgan fingerprint density at radius 1 is 1.40 bits per heavy atom. The fraction of sp³-hybridized carbons (Fsp3) is 0.417. The molecule has 1 atom stereocenters. The van der Waals surface area contributed by atoms with Crippen molar-refractivity contribution >= 4 is 11.6 Å². The van der Waals surface area contributed by atoms with Crippen LogP contribution in [0.1, 0.15) is 23.3 Å². The Morgan fingerprint density at radius 3 is 2.90 bits per heavy atom. The van der Waals surface area contributed by atoms with E-state index in [2.05, 4.69) is 10.1 Å². The molecule has 0 saturated carbocycles. The van der Waals surface area contributed by atoms with E-state index in [-0.39, 0.29) is 18.7 Å². The zero-order valence-electron chi connectivity index (χ0n) is 10.3. The van der Waals surface area contributed by atoms with Gasteiger partial charge in [0.25, 0.3) is 5.91 Å². The average molecular weight is 284 g/mol. The summed E-state index contributed by atoms with van der Waals surface area (Å²) in [7, 11) is 0. The van der Waals surface area contributed by atoms with Crippen LogP contribution in [0, 0.1) is 0 Å². The standard InChI is InChI=1S/C12H11F3N4O/c13-12(14,15)9-3-1-5-18(9)11(20)8-7-10-16-4-2-6-19(10)17-8/h2,4,6-7,9H,1,3,5H2/t9-/m0/s1. The number of hydrogen-bond acceptors (Lipinski definition) is 3. The lowest BCUT2D eigenvalue weighted by molar-refractivity contribution is -0.169. The Balaban J connectivity index is 1.91. The van der Waals surface area contributed by atoms with Gasteiger partial charge in [0.15, 0.2) is 11.3 Å². The molecular weight excluding hydrogens is 273 g/mol. The van der Waals surface area contributed by atoms with Gasteiger partial charge in [-0.15, -0.1) is 0 Å². The van der Waals surface area contributed by atoms with Crippen LogP contribution < -0.4 is 0 Å². The van der Waals surface area contributed by atoms with Crippen LogP contribution in [0.2, 0.25) is 0 Å². The summed E-state index contributed by atoms with van der Waals surface area (Å²) >= 11 is 0. The van der Waals surface area contributed by atoms with Crippen molar-refractivity contribution < 1.29 is 18.0 Å². The summed E-state index contributed by atoms with van der Waals surface area (Å²) in [6, 6.07) is 1.31. The van der Waals surface area contributed by atoms with Gasteiger partial charge in [-0.2, -0.15) is 18.3 Å². The molecule has 2 aromatic heterocycles. The van der Waals surface area contributed by atoms with Crippen molar-refractivity contribution in [1.29, 1.82) is 0 Å². The molecule has 1 saturated heterocycles. The number of likely N-dealkylation sites (tertiary alicyclic amines) is 1. The van der Waals surface area contributed by atoms with Gasteiger partial charge in [-0.1, -0.05) is 0 Å². The number of carbonyl (C=O) groups excluding carboxylic acids is 1. The van der Waals surface area contributed by atoms with Gasteiger partial charge in [-0.05, 0) is 18.9 Å². The molecule has 1 aliphatic rings. The molecule has 106 valence electrons. The fourth-order valence-electron chi connectivity index (χ4n) is 2.43. The van der Waals surface area contributed by atoms with Crippen molar-refractivity contribution in [3.8, 4) is 0 Å². The van der Waals surface area contributed by atoms with Crippen LogP contribution in [-0.4, -0.2) is 44.2 Å². The zero-order valence-corrected chi connectivity index (χ0v) is 10.3. The molecule has 1 fully saturated rings. The second-order valence-electron chi connectivity index (χ2n) is 4.65. The SMILES string of the molecule is O=C(c1cc2ncccn2n1)N1CCC[C@H]1C(F)(F)F. The minimum atomic E-state index is -4.40. The molecule has 20 heavy (non-hydrogen) atoms. The third-order valence-electron chi connectivity index (χ3n) is 3.35. The lowest BCUT2D eigenvalue weighted by Crippen LogP contribution is -2.44. The summed E-state index contributed by atoms with van der Waals surface area (Å²) in [6.45, 7) is 0.101. The smallest absolute Gasteiger partial charge is 0.325 e. The molecule has 0 aliphatic carbocycles. The first-order valence-corrected chi connectivity index (χ1v) is 6.15. The Morgan fingerprint density at radius 2 is 2.20 bits per heavy atom. The molecule has 0 spiro atoms. The quantitative estimate of drug-likeness (QED) is 0.803. The van der Waals surface area contributed by atoms with Crippen molar-refractivity contribution in [2.24, 2.45) is 0 Å². The van der Waals surface area contributed by atoms with E-state index in [0.717, 1.165) is 4.90 Å². The molecule has 0 aromatic carbocycles. The van der Waals surface area contributed by atoms with E-state index in [1.165, 1.54) is 16.8 Å². The molecule has 0 unspecified atom stereocenters. The summed E-state index contributed by atoms with van der Waals surface area (Å²) in [5.41, 5.74) is 0.415. The number of nitrogens with zero attached hydrogens (tertiary/aromatic N) is 4. The van der Waals surface area contributed by atoms with E-state index < -0.39 is 18.1 Å². The van der Waals surface area contributed by atoms with Gasteiger partial charge in [0.05, 0.1) is 0 Å². The minimum Gasteiger partial charge on any atom is -0.325 e. The number of halogens is 3. The highest BCUT2D eigenvalue weighted by atomic mass is 19.4. The van der Waals surface area contributed by atoms with Gasteiger partial charge in [-0.3, -0.25) is 4.79 Å². The summed E-state index contributed by atoms with van der Waals surface area (Å²) in [6.07, 6.45) is -0.990. The third-order valence-corrected chi connectivity index (χ3v) is 3.35. The molecule has 2 aromatic rings. The van der Waals surface area contributed by atoms with Crippen LogP contribution >= 0.6 is 0 Å². The van der Waals surface area contributed by atoms with E-state index in [9.17, 15) is 18.0 Å². The van der Waals surface area contributed by atoms with Crippen molar-refractivity contribution in [3.05, 3.63) is 30.2 Å². The number of alkyl halides is 3. The fourth-order valence-corrected chi connectivity index (χ4v) is 2.43. The minimum absolute atomic E-state index is 0.0140. The van der Waals surface area contributed by atoms with Gasteiger partial charge in [0.2, 0.25) is 0 Å². The molecule has 0 radical (unpaired) electrons. The van der Waals surface area contributed by atoms with Crippen LogP contribution in [0.5, 0.6) is 0 Å². The van der Waals surface area contributed by atoms with Crippen molar-refractivity contribution in [2.45, 2.75) is 25.1 Å². The van der Waals surface area contributed by atoms with Crippen molar-refractivity contribution in [3.63, 3.8) is 0 Å². The Hall–Kier alpha value is -2.12. The van der Waals surface area contributed by atoms with Crippen LogP contribution in [0.3, 0.4) is 0 Å². The van der Waals surface area contributed by atoms with Gasteiger partial charge >= 0.3 is 6.18 Å². The molecule has 1 amide bonds. The van der Waals surface area contributed by atoms with Crippen molar-refractivity contribution in [2.75, 3.05) is 6.54 Å². The molecule has 3 heterocycles. The largest absolute Gasteiger partial charge is 0.408 e. The van der Waals surface area contributed by atoms with Crippen LogP contribution in [0.25, 0.3) is 5.65 Å². The first-order chi connectivity index (χ1) is 9.47. The number of fused-ring (bicyclic) bond motifs is 1. The van der Waals surface area contributed by atoms with E-state index in [1.807, 2.05) is 0 Å². The van der Waals surface area contributed by atoms with E-state index in [1.54, 1.807) is 12.3 Å². The first-order valence-electron chi connectivity index (χ1n) is 6.15. The topological polar surface area (TPSA) is 50.5 Å². The Kier molecular flexibility index (Phi) is 2.88. The highest BCUT2D eigenvalue weighted by Gasteiger charge is 2.48. The maximum absolute atomic E-state index is 12.9. The molecule has 8 heteroatoms. The Labute approximate surface area is 112 Å². The first kappa shape index (κ1) is 12.9. The normalized spacial score (nSPS) is 19.8. The van der Waals surface area contributed by atoms with E-state index >= 15 is 0 Å². The highest BCUT2D eigenvalue weighted by molar-refractivity contribution is 5.93. The Bertz CT molecular complexity index is 618. The summed E-state index contributed by atoms with van der Waals surface area (Å²) in [5.74, 6) is -0.699. The maximum atomic E-state index is 12.9. The molecule has 3 rings (SSSR count). The number of aromatic nitrogens is 3. The molecular formula is C12H11F3N4O. The maximum Gasteiger partial charge on any atom is 0.408 e. The molecule has 5 nitrogen and oxygen atoms in total. The summed E-state index contributed by atoms with van der Waals surface area (Å²) in [5, 5.41) is 3.97. The highest BCUT2D eigenvalue weighted by Crippen LogP contribution is 2.33. The monoisotopic (exact) mass is 284 g/mol. The predicted octanol–water partition coefficient (Wildman–Crippen LogP) is 1.90. The summed E-state index contributed by atoms with van der Waals surface area (Å²) in [4.78, 5) is 17.0. The van der Waals surface area contributed by atoms with E-state index in [0.29, 0.717) is 12.1 Å². The van der Waals surface area contributed by atoms with Crippen molar-refractivity contribution in [1.82, 2.24) is 19.5 Å². The molecule has 0 bridgehead atoms. The van der Waals surface area contributed by atoms with Crippen LogP contribution in [0.15, 0.2) is 24.5 Å². The third kappa shape index (κ3) is 2.10. The molecule has 0 N–H and O–H groups in total. The zero-order chi connectivity index (χ0) is 14.3. The lowest BCUT2D eigenvalue weighted by Gasteiger charge is -2.25. The van der Waals surface area contributed by atoms with Gasteiger partial charge < -0.3 is 4.90 Å². The second kappa shape index (κ2) is 4.46. The molecule has 1 aliphatic heterocycles. The van der Waals surface area contributed by atoms with Gasteiger partial charge in [-0.25, -0.2) is 9.50 Å². The second-order valence-corrected chi connectivity index (χ2v) is 4.65. The lowest BCUT2D eigenvalue weighted by atomic mass is 10.2. The van der Waals surface area contributed by atoms with Gasteiger partial charge in [0.1, 0.15) is 6.04 Å². The predicted molar refractivity (Wildman–Crippen MR) is 63.1 cm³/mol. The number of amides is 1. The number of hydrogen-bond donors (Lipinski definition) is 0. The number of carbonyl (C=O) groups is 1. The van der Waals surface area contributed by atoms with Crippen LogP contribution in [-0.2, 0) is 0 Å². The number of rotatable bonds is 1. The van der Waals surface area contributed by atoms with E-state index in [4.69, 9.17) is 0 Å². The summed E-state index contributed by atoms with van der Waals surface area (Å²) < 4.78 is 39.9. The van der Waals surface area contributed by atoms with Crippen LogP contribution in [0.4, 0.5) is 13.2 Å². The average Bonchev–Trinajstić information content (AvgIpc) is 3.03. The van der Waals surface area contributed by atoms with Gasteiger partial charge in [0, 0.05) is 25.0 Å².